The highest BCUT2D eigenvalue weighted by Crippen LogP contribution is 2.39. The van der Waals surface area contributed by atoms with Crippen molar-refractivity contribution in [1.29, 1.82) is 0 Å². The lowest BCUT2D eigenvalue weighted by Crippen LogP contribution is -2.58. The lowest BCUT2D eigenvalue weighted by molar-refractivity contribution is -0.265. The van der Waals surface area contributed by atoms with Gasteiger partial charge in [0.2, 0.25) is 24.1 Å². The molecule has 9 rings (SSSR count). The summed E-state index contributed by atoms with van der Waals surface area (Å²) in [6.45, 7) is 9.11. The molecule has 15 atom stereocenters. The molecule has 3 aromatic carbocycles. The number of aliphatic hydroxyl groups is 3. The minimum Gasteiger partial charge on any atom is -0.506 e. The molecule has 25 heteroatoms. The number of carbonyl (C=O) groups excluding carboxylic acids is 4. The number of aromatic hydroxyl groups is 1. The summed E-state index contributed by atoms with van der Waals surface area (Å²) in [6.07, 6.45) is -11.8. The first kappa shape index (κ1) is 70.0. The standard InChI is InChI=1S/C22H25FO6S.C18H21FO6S.C12H10O3S.C10H16BrFO3/c1-12-13(2)22(29-18(19(12)23)11-27-14(3)24)28-17-9-10-30-21(17)20(25)15-5-7-16(26-4)8-6-15;1-23-11-4-2-10(3-5-11)8-14-12(6-7-26-14)24-18-17(22)16(21)15(19)13(9-20)25-18;1-15-9-4-2-8(3-5-9)11(14)12-10(13)6-7-16-12;1-5-6(2)10(11)15-8(9(5)12)4-14-7(3)13/h5-10,12-13,18-19,22H,11H2,1-4H3;2-7,13,15-18,20-22H,8-9H2,1H3;2-7,13H,1H3;5-6,8-10H,4H2,1-3H3. The van der Waals surface area contributed by atoms with E-state index in [9.17, 15) is 52.8 Å². The lowest BCUT2D eigenvalue weighted by atomic mass is 9.86. The Morgan fingerprint density at radius 1 is 0.540 bits per heavy atom. The normalized spacial score (nSPS) is 26.6. The molecule has 0 saturated carbocycles. The van der Waals surface area contributed by atoms with E-state index >= 15 is 0 Å². The minimum atomic E-state index is -1.88. The fraction of sp³-hybridized carbons (Fsp3) is 0.452. The first-order chi connectivity index (χ1) is 41.5. The molecule has 6 aromatic rings. The van der Waals surface area contributed by atoms with E-state index in [2.05, 4.69) is 15.9 Å². The molecule has 3 aromatic heterocycles. The van der Waals surface area contributed by atoms with E-state index in [-0.39, 0.29) is 59.2 Å². The maximum atomic E-state index is 14.7. The Bertz CT molecular complexity index is 3110. The van der Waals surface area contributed by atoms with Crippen LogP contribution in [-0.2, 0) is 39.7 Å². The van der Waals surface area contributed by atoms with Gasteiger partial charge in [-0.25, -0.2) is 13.2 Å². The molecule has 474 valence electrons. The van der Waals surface area contributed by atoms with Gasteiger partial charge in [-0.2, -0.15) is 0 Å². The summed E-state index contributed by atoms with van der Waals surface area (Å²) in [4.78, 5) is 48.3. The van der Waals surface area contributed by atoms with E-state index in [1.807, 2.05) is 50.4 Å². The van der Waals surface area contributed by atoms with Crippen molar-refractivity contribution < 1.29 is 100 Å². The first-order valence-corrected chi connectivity index (χ1v) is 31.1. The molecule has 6 heterocycles. The van der Waals surface area contributed by atoms with Crippen molar-refractivity contribution in [2.75, 3.05) is 41.2 Å². The van der Waals surface area contributed by atoms with Crippen molar-refractivity contribution in [3.05, 3.63) is 138 Å². The van der Waals surface area contributed by atoms with Gasteiger partial charge < -0.3 is 67.8 Å². The number of methoxy groups -OCH3 is 3. The summed E-state index contributed by atoms with van der Waals surface area (Å²) in [6, 6.07) is 26.2. The molecule has 4 N–H and O–H groups in total. The van der Waals surface area contributed by atoms with Gasteiger partial charge in [-0.05, 0) is 118 Å². The first-order valence-electron chi connectivity index (χ1n) is 27.5. The monoisotopic (exact) mass is 1340 g/mol. The third kappa shape index (κ3) is 18.9. The highest BCUT2D eigenvalue weighted by molar-refractivity contribution is 9.09. The maximum Gasteiger partial charge on any atom is 0.302 e. The number of benzene rings is 3. The highest BCUT2D eigenvalue weighted by Gasteiger charge is 2.47. The summed E-state index contributed by atoms with van der Waals surface area (Å²) < 4.78 is 95.4. The van der Waals surface area contributed by atoms with Crippen LogP contribution in [0.15, 0.2) is 107 Å². The number of ether oxygens (including phenoxy) is 10. The molecule has 3 aliphatic rings. The summed E-state index contributed by atoms with van der Waals surface area (Å²) in [5.41, 5.74) is 2.09. The van der Waals surface area contributed by atoms with Gasteiger partial charge in [-0.15, -0.1) is 34.0 Å². The topological polar surface area (TPSA) is 241 Å². The van der Waals surface area contributed by atoms with Crippen LogP contribution >= 0.6 is 49.9 Å². The zero-order valence-electron chi connectivity index (χ0n) is 49.1. The Labute approximate surface area is 523 Å². The van der Waals surface area contributed by atoms with Crippen molar-refractivity contribution in [3.8, 4) is 34.5 Å². The fourth-order valence-electron chi connectivity index (χ4n) is 8.93. The van der Waals surface area contributed by atoms with Crippen LogP contribution < -0.4 is 23.7 Å². The predicted molar refractivity (Wildman–Crippen MR) is 323 cm³/mol. The van der Waals surface area contributed by atoms with Crippen molar-refractivity contribution >= 4 is 73.4 Å². The van der Waals surface area contributed by atoms with E-state index in [4.69, 9.17) is 47.4 Å². The summed E-state index contributed by atoms with van der Waals surface area (Å²) >= 11 is 7.31. The molecule has 0 radical (unpaired) electrons. The van der Waals surface area contributed by atoms with Crippen LogP contribution in [0.2, 0.25) is 0 Å². The average Bonchev–Trinajstić information content (AvgIpc) is 2.37. The molecule has 0 aliphatic carbocycles. The van der Waals surface area contributed by atoms with Crippen molar-refractivity contribution in [3.63, 3.8) is 0 Å². The van der Waals surface area contributed by atoms with Crippen LogP contribution in [0.5, 0.6) is 34.5 Å². The van der Waals surface area contributed by atoms with Crippen LogP contribution in [0, 0.1) is 23.7 Å². The molecule has 3 aliphatic heterocycles. The average molecular weight is 1340 g/mol. The largest absolute Gasteiger partial charge is 0.506 e. The molecule has 18 nitrogen and oxygen atoms in total. The molecule has 3 fully saturated rings. The van der Waals surface area contributed by atoms with Gasteiger partial charge in [0, 0.05) is 37.3 Å². The van der Waals surface area contributed by atoms with Gasteiger partial charge in [0.25, 0.3) is 0 Å². The third-order valence-corrected chi connectivity index (χ3v) is 18.4. The number of halogens is 4. The Hall–Kier alpha value is -6.13. The minimum absolute atomic E-state index is 0.0182. The number of hydrogen-bond acceptors (Lipinski definition) is 21. The Kier molecular flexibility index (Phi) is 26.9. The molecule has 0 spiro atoms. The van der Waals surface area contributed by atoms with E-state index in [0.29, 0.717) is 50.3 Å². The van der Waals surface area contributed by atoms with E-state index in [1.165, 1.54) is 53.9 Å². The van der Waals surface area contributed by atoms with E-state index in [1.54, 1.807) is 99.7 Å². The van der Waals surface area contributed by atoms with Crippen LogP contribution in [0.4, 0.5) is 13.2 Å². The third-order valence-electron chi connectivity index (χ3n) is 14.6. The lowest BCUT2D eigenvalue weighted by Gasteiger charge is -2.40. The summed E-state index contributed by atoms with van der Waals surface area (Å²) in [7, 11) is 4.73. The van der Waals surface area contributed by atoms with Gasteiger partial charge in [0.15, 0.2) is 6.17 Å². The van der Waals surface area contributed by atoms with Crippen molar-refractivity contribution in [2.45, 2.75) is 115 Å². The zero-order valence-corrected chi connectivity index (χ0v) is 53.2. The second-order valence-electron chi connectivity index (χ2n) is 20.5. The SMILES string of the molecule is CC(=O)OCC1OC(Br)C(C)C(C)C1F.COc1ccc(C(=O)c2sccc2O)cc1.COc1ccc(C(=O)c2sccc2OC2OC(COC(C)=O)C(F)C(C)C2C)cc1.COc1ccc(Cc2sccc2OC2OC(CO)C(F)C(O)C2O)cc1. The quantitative estimate of drug-likeness (QED) is 0.0355. The van der Waals surface area contributed by atoms with E-state index in [0.717, 1.165) is 16.2 Å². The zero-order chi connectivity index (χ0) is 63.6. The fourth-order valence-corrected chi connectivity index (χ4v) is 12.1. The van der Waals surface area contributed by atoms with Gasteiger partial charge in [-0.3, -0.25) is 19.2 Å². The molecular formula is C62H72BrF3O18S3. The molecule has 15 unspecified atom stereocenters. The number of aliphatic hydroxyl groups excluding tert-OH is 3. The van der Waals surface area contributed by atoms with Crippen molar-refractivity contribution in [2.24, 2.45) is 23.7 Å². The number of thiophene rings is 3. The molecule has 0 bridgehead atoms. The Balaban J connectivity index is 0.000000193. The summed E-state index contributed by atoms with van der Waals surface area (Å²) in [5.74, 6) is 1.12. The maximum absolute atomic E-state index is 14.7. The smallest absolute Gasteiger partial charge is 0.302 e. The number of carbonyl (C=O) groups is 4. The van der Waals surface area contributed by atoms with Gasteiger partial charge in [0.05, 0.1) is 32.8 Å². The van der Waals surface area contributed by atoms with Gasteiger partial charge in [-0.1, -0.05) is 55.8 Å². The van der Waals surface area contributed by atoms with Gasteiger partial charge in [0.1, 0.15) is 105 Å². The predicted octanol–water partition coefficient (Wildman–Crippen LogP) is 10.7. The van der Waals surface area contributed by atoms with Crippen LogP contribution in [0.1, 0.15) is 82.5 Å². The van der Waals surface area contributed by atoms with Crippen LogP contribution in [-0.4, -0.2) is 152 Å². The molecule has 87 heavy (non-hydrogen) atoms. The Morgan fingerprint density at radius 3 is 1.49 bits per heavy atom. The second-order valence-corrected chi connectivity index (χ2v) is 24.2. The number of alkyl halides is 4. The second kappa shape index (κ2) is 33.5. The highest BCUT2D eigenvalue weighted by atomic mass is 79.9. The summed E-state index contributed by atoms with van der Waals surface area (Å²) in [5, 5.41) is 43.6. The molecular weight excluding hydrogens is 1270 g/mol. The number of rotatable bonds is 18. The van der Waals surface area contributed by atoms with Crippen molar-refractivity contribution in [1.82, 2.24) is 0 Å². The number of hydrogen-bond donors (Lipinski definition) is 4. The van der Waals surface area contributed by atoms with Crippen LogP contribution in [0.3, 0.4) is 0 Å². The number of esters is 2. The Morgan fingerprint density at radius 2 is 0.989 bits per heavy atom. The molecule has 3 saturated heterocycles. The van der Waals surface area contributed by atoms with Gasteiger partial charge >= 0.3 is 11.9 Å². The van der Waals surface area contributed by atoms with E-state index < -0.39 is 80.2 Å². The number of ketones is 2. The molecule has 0 amide bonds. The van der Waals surface area contributed by atoms with Crippen LogP contribution in [0.25, 0.3) is 0 Å².